The third kappa shape index (κ3) is 21.1. The van der Waals surface area contributed by atoms with Gasteiger partial charge in [0, 0.05) is 37.0 Å². The average Bonchev–Trinajstić information content (AvgIpc) is 3.84. The van der Waals surface area contributed by atoms with Crippen LogP contribution in [0.25, 0.3) is 0 Å². The monoisotopic (exact) mass is 1100 g/mol. The lowest BCUT2D eigenvalue weighted by Gasteiger charge is -2.38. The van der Waals surface area contributed by atoms with Gasteiger partial charge in [-0.3, -0.25) is 38.5 Å². The fraction of sp³-hybridized carbons (Fsp3) is 0.685. The lowest BCUT2D eigenvalue weighted by molar-refractivity contribution is -0.214. The lowest BCUT2D eigenvalue weighted by Crippen LogP contribution is -2.55. The molecule has 0 spiro atoms. The average molecular weight is 1100 g/mol. The van der Waals surface area contributed by atoms with Crippen molar-refractivity contribution in [3.05, 3.63) is 40.2 Å². The van der Waals surface area contributed by atoms with Crippen LogP contribution in [0.2, 0.25) is 0 Å². The zero-order valence-electron chi connectivity index (χ0n) is 47.2. The number of aliphatic carboxylic acids is 1. The van der Waals surface area contributed by atoms with E-state index in [2.05, 4.69) is 43.7 Å². The highest BCUT2D eigenvalue weighted by molar-refractivity contribution is 7.10. The number of benzene rings is 1. The van der Waals surface area contributed by atoms with Crippen molar-refractivity contribution in [1.82, 2.24) is 36.2 Å². The van der Waals surface area contributed by atoms with Crippen LogP contribution < -0.4 is 43.4 Å². The van der Waals surface area contributed by atoms with Crippen LogP contribution in [0.1, 0.15) is 150 Å². The summed E-state index contributed by atoms with van der Waals surface area (Å²) >= 11 is 1.12. The standard InChI is InChI=1S/C54H89N11O11S/c1-12-14-17-27-75-65(50(70)43(34(7)13-2)47(68)63-42-20-15-16-26-64(42)11)39(32(3)4)29-40(76-53(74)57-10)49-62-41(31-77-49)61-45(66)36(30-54(8,9)51(71)72)28-35-21-23-37(24-22-35)59-46(67)38(19-18-25-58-52(56)73)60-48(69)44(55)33(5)6/h21-24,31-34,36,38-40,42-44H,12-20,25-30,55H2,1-11H3,(H,57,74)(H,59,67)(H,60,69)(H,61,66)(H,63,68)(H,71,72)(H3,56,58,73)/t34-,36-,38-,39+,40+,42+,43-,44-/m0/s1. The van der Waals surface area contributed by atoms with Crippen LogP contribution in [0, 0.1) is 35.0 Å². The number of rotatable bonds is 32. The number of primary amides is 1. The summed E-state index contributed by atoms with van der Waals surface area (Å²) in [5.74, 6) is -6.14. The van der Waals surface area contributed by atoms with E-state index in [4.69, 9.17) is 26.0 Å². The van der Waals surface area contributed by atoms with Gasteiger partial charge in [-0.25, -0.2) is 19.6 Å². The first kappa shape index (κ1) is 65.4. The number of aromatic nitrogens is 1. The number of nitrogens with one attached hydrogen (secondary N) is 6. The Morgan fingerprint density at radius 2 is 1.61 bits per heavy atom. The quantitative estimate of drug-likeness (QED) is 0.0221. The molecule has 0 aliphatic carbocycles. The number of thiazole rings is 1. The molecule has 0 saturated carbocycles. The van der Waals surface area contributed by atoms with Crippen molar-refractivity contribution in [1.29, 1.82) is 0 Å². The Hall–Kier alpha value is -5.91. The number of likely N-dealkylation sites (tertiary alicyclic amines) is 1. The Morgan fingerprint density at radius 1 is 0.922 bits per heavy atom. The van der Waals surface area contributed by atoms with Gasteiger partial charge in [0.05, 0.1) is 30.3 Å². The van der Waals surface area contributed by atoms with Gasteiger partial charge in [-0.2, -0.15) is 0 Å². The first-order valence-corrected chi connectivity index (χ1v) is 28.0. The summed E-state index contributed by atoms with van der Waals surface area (Å²) in [5.41, 5.74) is 10.9. The maximum Gasteiger partial charge on any atom is 0.407 e. The van der Waals surface area contributed by atoms with E-state index in [1.54, 1.807) is 43.5 Å². The number of nitrogens with zero attached hydrogens (tertiary/aromatic N) is 3. The zero-order valence-corrected chi connectivity index (χ0v) is 48.0. The number of hydrogen-bond donors (Lipinski definition) is 9. The molecule has 0 unspecified atom stereocenters. The Bertz CT molecular complexity index is 2240. The number of hydrogen-bond acceptors (Lipinski definition) is 14. The second-order valence-corrected chi connectivity index (χ2v) is 22.5. The summed E-state index contributed by atoms with van der Waals surface area (Å²) in [6.07, 6.45) is 4.27. The molecule has 23 heteroatoms. The number of anilines is 2. The molecule has 2 aromatic rings. The summed E-state index contributed by atoms with van der Waals surface area (Å²) in [7, 11) is 3.38. The number of piperidine rings is 1. The first-order chi connectivity index (χ1) is 36.3. The third-order valence-electron chi connectivity index (χ3n) is 14.1. The second kappa shape index (κ2) is 32.1. The van der Waals surface area contributed by atoms with Gasteiger partial charge in [0.2, 0.25) is 23.6 Å². The van der Waals surface area contributed by atoms with Crippen molar-refractivity contribution in [2.24, 2.45) is 46.5 Å². The number of carboxylic acid groups (broad SMARTS) is 1. The maximum absolute atomic E-state index is 14.9. The zero-order chi connectivity index (χ0) is 57.6. The van der Waals surface area contributed by atoms with E-state index in [1.165, 1.54) is 26.0 Å². The first-order valence-electron chi connectivity index (χ1n) is 27.2. The van der Waals surface area contributed by atoms with Crippen molar-refractivity contribution in [3.8, 4) is 0 Å². The van der Waals surface area contributed by atoms with Crippen LogP contribution >= 0.6 is 11.3 Å². The molecule has 1 aromatic carbocycles. The number of urea groups is 1. The molecule has 8 amide bonds. The number of amides is 8. The largest absolute Gasteiger partial charge is 0.481 e. The number of carboxylic acids is 1. The molecule has 11 N–H and O–H groups in total. The number of hydroxylamine groups is 2. The molecule has 0 bridgehead atoms. The summed E-state index contributed by atoms with van der Waals surface area (Å²) in [6.45, 7) is 17.6. The number of ether oxygens (including phenoxy) is 1. The van der Waals surface area contributed by atoms with E-state index >= 15 is 0 Å². The molecule has 3 rings (SSSR count). The van der Waals surface area contributed by atoms with Crippen LogP contribution in [0.15, 0.2) is 29.6 Å². The minimum absolute atomic E-state index is 0.0214. The molecule has 1 aromatic heterocycles. The van der Waals surface area contributed by atoms with Gasteiger partial charge in [0.1, 0.15) is 22.8 Å². The van der Waals surface area contributed by atoms with E-state index in [0.717, 1.165) is 50.0 Å². The van der Waals surface area contributed by atoms with E-state index < -0.39 is 83.2 Å². The molecule has 22 nitrogen and oxygen atoms in total. The molecule has 77 heavy (non-hydrogen) atoms. The number of unbranched alkanes of at least 4 members (excludes halogenated alkanes) is 2. The number of carbonyl (C=O) groups excluding carboxylic acids is 7. The van der Waals surface area contributed by atoms with Gasteiger partial charge in [0.25, 0.3) is 5.91 Å². The molecule has 1 aliphatic heterocycles. The lowest BCUT2D eigenvalue weighted by atomic mass is 9.80. The summed E-state index contributed by atoms with van der Waals surface area (Å²) < 4.78 is 5.95. The summed E-state index contributed by atoms with van der Waals surface area (Å²) in [4.78, 5) is 120. The van der Waals surface area contributed by atoms with Crippen LogP contribution in [0.4, 0.5) is 21.1 Å². The predicted molar refractivity (Wildman–Crippen MR) is 296 cm³/mol. The molecule has 2 heterocycles. The predicted octanol–water partition coefficient (Wildman–Crippen LogP) is 6.28. The normalized spacial score (nSPS) is 16.7. The molecule has 1 fully saturated rings. The Morgan fingerprint density at radius 3 is 2.19 bits per heavy atom. The molecular weight excluding hydrogens is 1010 g/mol. The van der Waals surface area contributed by atoms with Crippen LogP contribution in [0.5, 0.6) is 0 Å². The van der Waals surface area contributed by atoms with Crippen LogP contribution in [-0.2, 0) is 44.8 Å². The second-order valence-electron chi connectivity index (χ2n) is 21.6. The topological polar surface area (TPSA) is 319 Å². The van der Waals surface area contributed by atoms with Crippen molar-refractivity contribution in [3.63, 3.8) is 0 Å². The molecule has 8 atom stereocenters. The van der Waals surface area contributed by atoms with Crippen molar-refractivity contribution in [2.45, 2.75) is 170 Å². The van der Waals surface area contributed by atoms with Gasteiger partial charge < -0.3 is 53.2 Å². The fourth-order valence-corrected chi connectivity index (χ4v) is 9.65. The van der Waals surface area contributed by atoms with E-state index in [-0.39, 0.29) is 74.5 Å². The maximum atomic E-state index is 14.9. The minimum Gasteiger partial charge on any atom is -0.481 e. The third-order valence-corrected chi connectivity index (χ3v) is 15.0. The highest BCUT2D eigenvalue weighted by Gasteiger charge is 2.42. The van der Waals surface area contributed by atoms with Crippen LogP contribution in [0.3, 0.4) is 0 Å². The summed E-state index contributed by atoms with van der Waals surface area (Å²) in [5, 5.41) is 29.8. The Balaban J connectivity index is 1.93. The minimum atomic E-state index is -1.32. The van der Waals surface area contributed by atoms with Gasteiger partial charge >= 0.3 is 18.1 Å². The molecule has 0 radical (unpaired) electrons. The van der Waals surface area contributed by atoms with Crippen molar-refractivity contribution >= 4 is 70.5 Å². The molecular formula is C54H89N11O11S. The van der Waals surface area contributed by atoms with Crippen molar-refractivity contribution in [2.75, 3.05) is 44.4 Å². The van der Waals surface area contributed by atoms with Crippen molar-refractivity contribution < 1.29 is 53.0 Å². The molecule has 1 saturated heterocycles. The number of nitrogens with two attached hydrogens (primary N) is 2. The molecule has 432 valence electrons. The van der Waals surface area contributed by atoms with E-state index in [0.29, 0.717) is 35.5 Å². The number of alkyl carbamates (subject to hydrolysis) is 1. The highest BCUT2D eigenvalue weighted by Crippen LogP contribution is 2.35. The Kier molecular flexibility index (Phi) is 27.3. The summed E-state index contributed by atoms with van der Waals surface area (Å²) in [6, 6.07) is 3.37. The van der Waals surface area contributed by atoms with Gasteiger partial charge in [-0.1, -0.05) is 79.9 Å². The smallest absolute Gasteiger partial charge is 0.407 e. The Labute approximate surface area is 459 Å². The van der Waals surface area contributed by atoms with E-state index in [1.807, 2.05) is 34.7 Å². The van der Waals surface area contributed by atoms with Gasteiger partial charge in [-0.15, -0.1) is 11.3 Å². The SMILES string of the molecule is CCCCCON(C(=O)[C@H](C(=O)N[C@H]1CCCCN1C)[C@@H](C)CC)[C@H](C[C@@H](OC(=O)NC)c1nc(NC(=O)[C@@H](Cc2ccc(NC(=O)[C@H](CCCNC(N)=O)NC(=O)[C@@H](N)C(C)C)cc2)CC(C)(C)C(=O)O)cs1)C(C)C. The van der Waals surface area contributed by atoms with Gasteiger partial charge in [-0.05, 0) is 114 Å². The fourth-order valence-electron chi connectivity index (χ4n) is 8.86. The highest BCUT2D eigenvalue weighted by atomic mass is 32.1. The number of carbonyl (C=O) groups is 8. The van der Waals surface area contributed by atoms with Gasteiger partial charge in [0.15, 0.2) is 6.10 Å². The van der Waals surface area contributed by atoms with Crippen LogP contribution in [-0.4, -0.2) is 126 Å². The van der Waals surface area contributed by atoms with E-state index in [9.17, 15) is 43.5 Å². The molecule has 1 aliphatic rings.